The molecule has 0 spiro atoms. The molecule has 1 N–H and O–H groups in total. The van der Waals surface area contributed by atoms with E-state index in [1.54, 1.807) is 16.2 Å². The summed E-state index contributed by atoms with van der Waals surface area (Å²) in [5.41, 5.74) is 1.65. The third-order valence-corrected chi connectivity index (χ3v) is 6.59. The Kier molecular flexibility index (Phi) is 6.18. The Hall–Kier alpha value is -3.00. The van der Waals surface area contributed by atoms with Gasteiger partial charge in [0.1, 0.15) is 19.2 Å². The van der Waals surface area contributed by atoms with Crippen LogP contribution in [-0.2, 0) is 22.6 Å². The van der Waals surface area contributed by atoms with Crippen LogP contribution in [0.15, 0.2) is 54.4 Å². The average molecular weight is 438 g/mol. The topological polar surface area (TPSA) is 80.1 Å². The van der Waals surface area contributed by atoms with Crippen LogP contribution in [0.5, 0.6) is 0 Å². The molecule has 1 aliphatic rings. The number of hydrogen-bond acceptors (Lipinski definition) is 5. The van der Waals surface area contributed by atoms with Crippen LogP contribution in [-0.4, -0.2) is 50.6 Å². The summed E-state index contributed by atoms with van der Waals surface area (Å²) in [4.78, 5) is 32.9. The molecule has 1 fully saturated rings. The second-order valence-electron chi connectivity index (χ2n) is 8.42. The van der Waals surface area contributed by atoms with Gasteiger partial charge < -0.3 is 10.2 Å². The van der Waals surface area contributed by atoms with Gasteiger partial charge in [-0.15, -0.1) is 11.3 Å². The third kappa shape index (κ3) is 4.85. The SMILES string of the molecule is CC(C)NC(=O)[C@@]1(Cc2ccc(-c3cccs3)cc2)CCN(C(=O)Cn2cncn2)C1. The van der Waals surface area contributed by atoms with E-state index in [4.69, 9.17) is 0 Å². The van der Waals surface area contributed by atoms with Crippen LogP contribution in [0.25, 0.3) is 10.4 Å². The van der Waals surface area contributed by atoms with Crippen molar-refractivity contribution in [1.29, 1.82) is 0 Å². The van der Waals surface area contributed by atoms with Crippen LogP contribution >= 0.6 is 11.3 Å². The third-order valence-electron chi connectivity index (χ3n) is 5.67. The van der Waals surface area contributed by atoms with Gasteiger partial charge in [-0.25, -0.2) is 9.67 Å². The van der Waals surface area contributed by atoms with Crippen LogP contribution in [0.4, 0.5) is 0 Å². The number of amides is 2. The highest BCUT2D eigenvalue weighted by Crippen LogP contribution is 2.36. The molecular formula is C23H27N5O2S. The van der Waals surface area contributed by atoms with Gasteiger partial charge in [-0.05, 0) is 49.3 Å². The van der Waals surface area contributed by atoms with Crippen molar-refractivity contribution < 1.29 is 9.59 Å². The predicted octanol–water partition coefficient (Wildman–Crippen LogP) is 2.99. The Morgan fingerprint density at radius 1 is 1.23 bits per heavy atom. The van der Waals surface area contributed by atoms with Gasteiger partial charge in [-0.3, -0.25) is 9.59 Å². The second kappa shape index (κ2) is 9.01. The molecule has 1 saturated heterocycles. The van der Waals surface area contributed by atoms with E-state index in [1.807, 2.05) is 19.9 Å². The van der Waals surface area contributed by atoms with Crippen molar-refractivity contribution in [3.05, 3.63) is 60.0 Å². The Morgan fingerprint density at radius 3 is 2.68 bits per heavy atom. The highest BCUT2D eigenvalue weighted by molar-refractivity contribution is 7.13. The van der Waals surface area contributed by atoms with Crippen LogP contribution in [0.2, 0.25) is 0 Å². The summed E-state index contributed by atoms with van der Waals surface area (Å²) in [7, 11) is 0. The van der Waals surface area contributed by atoms with Crippen molar-refractivity contribution in [3.63, 3.8) is 0 Å². The van der Waals surface area contributed by atoms with Crippen molar-refractivity contribution in [2.75, 3.05) is 13.1 Å². The lowest BCUT2D eigenvalue weighted by molar-refractivity contribution is -0.134. The van der Waals surface area contributed by atoms with Gasteiger partial charge in [0.25, 0.3) is 0 Å². The molecule has 31 heavy (non-hydrogen) atoms. The molecule has 162 valence electrons. The summed E-state index contributed by atoms with van der Waals surface area (Å²) in [5.74, 6) is -0.0290. The van der Waals surface area contributed by atoms with Crippen LogP contribution in [0.3, 0.4) is 0 Å². The molecule has 2 amide bonds. The quantitative estimate of drug-likeness (QED) is 0.616. The van der Waals surface area contributed by atoms with E-state index < -0.39 is 5.41 Å². The van der Waals surface area contributed by atoms with Crippen molar-refractivity contribution in [3.8, 4) is 10.4 Å². The molecule has 3 aromatic rings. The number of nitrogens with one attached hydrogen (secondary N) is 1. The number of carbonyl (C=O) groups excluding carboxylic acids is 2. The van der Waals surface area contributed by atoms with E-state index in [0.717, 1.165) is 5.56 Å². The van der Waals surface area contributed by atoms with Crippen LogP contribution in [0.1, 0.15) is 25.8 Å². The lowest BCUT2D eigenvalue weighted by Gasteiger charge is -2.29. The lowest BCUT2D eigenvalue weighted by Crippen LogP contribution is -2.47. The molecular weight excluding hydrogens is 410 g/mol. The number of thiophene rings is 1. The van der Waals surface area contributed by atoms with Gasteiger partial charge in [0.15, 0.2) is 0 Å². The van der Waals surface area contributed by atoms with Gasteiger partial charge in [-0.1, -0.05) is 30.3 Å². The normalized spacial score (nSPS) is 18.5. The van der Waals surface area contributed by atoms with Gasteiger partial charge >= 0.3 is 0 Å². The Labute approximate surface area is 186 Å². The van der Waals surface area contributed by atoms with E-state index in [1.165, 1.54) is 27.8 Å². The first-order valence-corrected chi connectivity index (χ1v) is 11.4. The van der Waals surface area contributed by atoms with E-state index in [0.29, 0.717) is 25.9 Å². The van der Waals surface area contributed by atoms with Crippen molar-refractivity contribution in [2.24, 2.45) is 5.41 Å². The van der Waals surface area contributed by atoms with Crippen molar-refractivity contribution >= 4 is 23.2 Å². The zero-order chi connectivity index (χ0) is 21.8. The minimum Gasteiger partial charge on any atom is -0.353 e. The van der Waals surface area contributed by atoms with Crippen molar-refractivity contribution in [1.82, 2.24) is 25.0 Å². The molecule has 3 heterocycles. The largest absolute Gasteiger partial charge is 0.353 e. The van der Waals surface area contributed by atoms with Crippen LogP contribution in [0, 0.1) is 5.41 Å². The monoisotopic (exact) mass is 437 g/mol. The van der Waals surface area contributed by atoms with Crippen molar-refractivity contribution in [2.45, 2.75) is 39.3 Å². The molecule has 0 aliphatic carbocycles. The molecule has 1 aromatic carbocycles. The summed E-state index contributed by atoms with van der Waals surface area (Å²) in [5, 5.41) is 9.16. The van der Waals surface area contributed by atoms with E-state index in [-0.39, 0.29) is 24.4 Å². The average Bonchev–Trinajstić information content (AvgIpc) is 3.51. The first-order chi connectivity index (χ1) is 14.9. The minimum atomic E-state index is -0.632. The van der Waals surface area contributed by atoms with Gasteiger partial charge in [0, 0.05) is 24.0 Å². The molecule has 0 bridgehead atoms. The van der Waals surface area contributed by atoms with Gasteiger partial charge in [0.2, 0.25) is 11.8 Å². The minimum absolute atomic E-state index is 0.0147. The fourth-order valence-corrected chi connectivity index (χ4v) is 4.82. The highest BCUT2D eigenvalue weighted by Gasteiger charge is 2.46. The molecule has 4 rings (SSSR count). The molecule has 1 atom stereocenters. The van der Waals surface area contributed by atoms with Gasteiger partial charge in [-0.2, -0.15) is 5.10 Å². The number of aromatic nitrogens is 3. The number of nitrogens with zero attached hydrogens (tertiary/aromatic N) is 4. The first-order valence-electron chi connectivity index (χ1n) is 10.5. The maximum atomic E-state index is 13.2. The van der Waals surface area contributed by atoms with Crippen LogP contribution < -0.4 is 5.32 Å². The number of benzene rings is 1. The summed E-state index contributed by atoms with van der Waals surface area (Å²) >= 11 is 1.71. The smallest absolute Gasteiger partial charge is 0.244 e. The second-order valence-corrected chi connectivity index (χ2v) is 9.37. The zero-order valence-corrected chi connectivity index (χ0v) is 18.6. The molecule has 0 saturated carbocycles. The van der Waals surface area contributed by atoms with E-state index in [9.17, 15) is 9.59 Å². The van der Waals surface area contributed by atoms with E-state index >= 15 is 0 Å². The Morgan fingerprint density at radius 2 is 2.03 bits per heavy atom. The number of rotatable bonds is 7. The van der Waals surface area contributed by atoms with Gasteiger partial charge in [0.05, 0.1) is 5.41 Å². The Balaban J connectivity index is 1.51. The first kappa shape index (κ1) is 21.2. The maximum Gasteiger partial charge on any atom is 0.244 e. The fraction of sp³-hybridized carbons (Fsp3) is 0.391. The molecule has 8 heteroatoms. The lowest BCUT2D eigenvalue weighted by atomic mass is 9.79. The summed E-state index contributed by atoms with van der Waals surface area (Å²) in [6.45, 7) is 5.03. The number of carbonyl (C=O) groups is 2. The molecule has 7 nitrogen and oxygen atoms in total. The predicted molar refractivity (Wildman–Crippen MR) is 120 cm³/mol. The standard InChI is InChI=1S/C23H27N5O2S/c1-17(2)26-22(30)23(9-10-27(14-23)21(29)13-28-16-24-15-25-28)12-18-5-7-19(8-6-18)20-4-3-11-31-20/h3-8,11,15-17H,9-10,12-14H2,1-2H3,(H,26,30)/t23-/m1/s1. The molecule has 0 radical (unpaired) electrons. The summed E-state index contributed by atoms with van der Waals surface area (Å²) < 4.78 is 1.51. The molecule has 1 aliphatic heterocycles. The maximum absolute atomic E-state index is 13.2. The summed E-state index contributed by atoms with van der Waals surface area (Å²) in [6, 6.07) is 12.6. The fourth-order valence-electron chi connectivity index (χ4n) is 4.08. The zero-order valence-electron chi connectivity index (χ0n) is 17.8. The van der Waals surface area contributed by atoms with E-state index in [2.05, 4.69) is 51.1 Å². The molecule has 2 aromatic heterocycles. The summed E-state index contributed by atoms with van der Waals surface area (Å²) in [6.07, 6.45) is 4.18. The number of likely N-dealkylation sites (tertiary alicyclic amines) is 1. The Bertz CT molecular complexity index is 1010. The highest BCUT2D eigenvalue weighted by atomic mass is 32.1. The molecule has 0 unspecified atom stereocenters. The number of hydrogen-bond donors (Lipinski definition) is 1.